The number of fused-ring (bicyclic) bond motifs is 1. The summed E-state index contributed by atoms with van der Waals surface area (Å²) in [6.07, 6.45) is -0.151. The summed E-state index contributed by atoms with van der Waals surface area (Å²) >= 11 is 3.42. The summed E-state index contributed by atoms with van der Waals surface area (Å²) in [5.74, 6) is 0. The number of rotatable bonds is 1. The molecule has 0 bridgehead atoms. The van der Waals surface area contributed by atoms with Gasteiger partial charge in [0.25, 0.3) is 0 Å². The Morgan fingerprint density at radius 3 is 3.00 bits per heavy atom. The van der Waals surface area contributed by atoms with Gasteiger partial charge in [-0.05, 0) is 29.7 Å². The second-order valence-corrected chi connectivity index (χ2v) is 4.74. The number of nitrogens with two attached hydrogens (primary N) is 1. The molecule has 1 aliphatic heterocycles. The minimum Gasteiger partial charge on any atom is -0.465 e. The molecule has 0 radical (unpaired) electrons. The van der Waals surface area contributed by atoms with Crippen molar-refractivity contribution in [2.75, 3.05) is 13.1 Å². The SMILES string of the molecule is NC[C@H]1c2ccc(Br)cc2CCN1C(=O)O. The summed E-state index contributed by atoms with van der Waals surface area (Å²) in [5, 5.41) is 9.08. The third kappa shape index (κ3) is 1.92. The molecule has 4 nitrogen and oxygen atoms in total. The van der Waals surface area contributed by atoms with Gasteiger partial charge in [-0.3, -0.25) is 4.90 Å². The fourth-order valence-corrected chi connectivity index (χ4v) is 2.57. The molecule has 1 aromatic rings. The second kappa shape index (κ2) is 4.43. The molecule has 1 aliphatic rings. The first-order valence-electron chi connectivity index (χ1n) is 5.11. The molecule has 0 fully saturated rings. The smallest absolute Gasteiger partial charge is 0.407 e. The van der Waals surface area contributed by atoms with E-state index in [2.05, 4.69) is 15.9 Å². The first kappa shape index (κ1) is 11.4. The van der Waals surface area contributed by atoms with Crippen molar-refractivity contribution in [3.63, 3.8) is 0 Å². The molecule has 1 aromatic carbocycles. The van der Waals surface area contributed by atoms with Gasteiger partial charge >= 0.3 is 6.09 Å². The zero-order chi connectivity index (χ0) is 11.7. The standard InChI is InChI=1S/C11H13BrN2O2/c12-8-1-2-9-7(5-8)3-4-14(11(15)16)10(9)6-13/h1-2,5,10H,3-4,6,13H2,(H,15,16)/t10-/m0/s1. The van der Waals surface area contributed by atoms with Gasteiger partial charge in [0.2, 0.25) is 0 Å². The van der Waals surface area contributed by atoms with Crippen molar-refractivity contribution in [1.29, 1.82) is 0 Å². The van der Waals surface area contributed by atoms with Crippen LogP contribution in [0.4, 0.5) is 4.79 Å². The highest BCUT2D eigenvalue weighted by Crippen LogP contribution is 2.30. The zero-order valence-electron chi connectivity index (χ0n) is 8.69. The monoisotopic (exact) mass is 284 g/mol. The highest BCUT2D eigenvalue weighted by Gasteiger charge is 2.29. The second-order valence-electron chi connectivity index (χ2n) is 3.82. The Hall–Kier alpha value is -1.07. The molecule has 5 heteroatoms. The van der Waals surface area contributed by atoms with Crippen LogP contribution in [0.15, 0.2) is 22.7 Å². The van der Waals surface area contributed by atoms with E-state index in [0.717, 1.165) is 16.5 Å². The number of carboxylic acid groups (broad SMARTS) is 1. The predicted molar refractivity (Wildman–Crippen MR) is 64.4 cm³/mol. The van der Waals surface area contributed by atoms with Crippen LogP contribution < -0.4 is 5.73 Å². The number of halogens is 1. The van der Waals surface area contributed by atoms with Crippen LogP contribution in [0.25, 0.3) is 0 Å². The number of carbonyl (C=O) groups is 1. The van der Waals surface area contributed by atoms with Gasteiger partial charge in [-0.15, -0.1) is 0 Å². The summed E-state index contributed by atoms with van der Waals surface area (Å²) in [7, 11) is 0. The van der Waals surface area contributed by atoms with E-state index in [1.807, 2.05) is 18.2 Å². The lowest BCUT2D eigenvalue weighted by Crippen LogP contribution is -2.42. The molecule has 0 unspecified atom stereocenters. The number of benzene rings is 1. The average molecular weight is 285 g/mol. The molecule has 1 atom stereocenters. The van der Waals surface area contributed by atoms with E-state index in [-0.39, 0.29) is 6.04 Å². The van der Waals surface area contributed by atoms with E-state index >= 15 is 0 Å². The van der Waals surface area contributed by atoms with E-state index < -0.39 is 6.09 Å². The number of hydrogen-bond acceptors (Lipinski definition) is 2. The van der Waals surface area contributed by atoms with Crippen molar-refractivity contribution < 1.29 is 9.90 Å². The minimum atomic E-state index is -0.899. The molecule has 0 saturated heterocycles. The maximum absolute atomic E-state index is 11.1. The number of amides is 1. The van der Waals surface area contributed by atoms with Crippen LogP contribution in [0.3, 0.4) is 0 Å². The lowest BCUT2D eigenvalue weighted by Gasteiger charge is -2.34. The molecule has 16 heavy (non-hydrogen) atoms. The summed E-state index contributed by atoms with van der Waals surface area (Å²) in [4.78, 5) is 12.5. The maximum Gasteiger partial charge on any atom is 0.407 e. The number of nitrogens with zero attached hydrogens (tertiary/aromatic N) is 1. The minimum absolute atomic E-state index is 0.214. The van der Waals surface area contributed by atoms with Gasteiger partial charge in [0, 0.05) is 17.6 Å². The topological polar surface area (TPSA) is 66.6 Å². The molecular weight excluding hydrogens is 272 g/mol. The Labute approximate surface area is 102 Å². The van der Waals surface area contributed by atoms with Gasteiger partial charge < -0.3 is 10.8 Å². The van der Waals surface area contributed by atoms with Gasteiger partial charge in [-0.2, -0.15) is 0 Å². The van der Waals surface area contributed by atoms with Crippen molar-refractivity contribution in [1.82, 2.24) is 4.90 Å². The molecule has 3 N–H and O–H groups in total. The van der Waals surface area contributed by atoms with Crippen LogP contribution in [-0.4, -0.2) is 29.2 Å². The van der Waals surface area contributed by atoms with Crippen molar-refractivity contribution in [2.24, 2.45) is 5.73 Å². The number of hydrogen-bond donors (Lipinski definition) is 2. The van der Waals surface area contributed by atoms with Crippen LogP contribution in [0.2, 0.25) is 0 Å². The van der Waals surface area contributed by atoms with E-state index in [0.29, 0.717) is 13.1 Å². The summed E-state index contributed by atoms with van der Waals surface area (Å²) < 4.78 is 1.02. The van der Waals surface area contributed by atoms with Gasteiger partial charge in [0.1, 0.15) is 0 Å². The Morgan fingerprint density at radius 1 is 1.62 bits per heavy atom. The first-order valence-corrected chi connectivity index (χ1v) is 5.90. The summed E-state index contributed by atoms with van der Waals surface area (Å²) in [6.45, 7) is 0.835. The van der Waals surface area contributed by atoms with Crippen molar-refractivity contribution in [3.05, 3.63) is 33.8 Å². The quantitative estimate of drug-likeness (QED) is 0.829. The van der Waals surface area contributed by atoms with Crippen LogP contribution in [0, 0.1) is 0 Å². The van der Waals surface area contributed by atoms with E-state index in [9.17, 15) is 4.79 Å². The summed E-state index contributed by atoms with van der Waals surface area (Å²) in [5.41, 5.74) is 7.88. The first-order chi connectivity index (χ1) is 7.63. The molecule has 2 rings (SSSR count). The molecule has 0 aliphatic carbocycles. The van der Waals surface area contributed by atoms with E-state index in [4.69, 9.17) is 10.8 Å². The Balaban J connectivity index is 2.41. The van der Waals surface area contributed by atoms with Crippen LogP contribution in [0.5, 0.6) is 0 Å². The molecule has 86 valence electrons. The lowest BCUT2D eigenvalue weighted by atomic mass is 9.93. The fraction of sp³-hybridized carbons (Fsp3) is 0.364. The van der Waals surface area contributed by atoms with Crippen molar-refractivity contribution in [2.45, 2.75) is 12.5 Å². The van der Waals surface area contributed by atoms with Crippen LogP contribution in [0.1, 0.15) is 17.2 Å². The van der Waals surface area contributed by atoms with Gasteiger partial charge in [-0.25, -0.2) is 4.79 Å². The lowest BCUT2D eigenvalue weighted by molar-refractivity contribution is 0.122. The average Bonchev–Trinajstić information content (AvgIpc) is 2.26. The highest BCUT2D eigenvalue weighted by molar-refractivity contribution is 9.10. The predicted octanol–water partition coefficient (Wildman–Crippen LogP) is 1.99. The van der Waals surface area contributed by atoms with Crippen LogP contribution >= 0.6 is 15.9 Å². The zero-order valence-corrected chi connectivity index (χ0v) is 10.3. The third-order valence-corrected chi connectivity index (χ3v) is 3.42. The van der Waals surface area contributed by atoms with Gasteiger partial charge in [-0.1, -0.05) is 22.0 Å². The fourth-order valence-electron chi connectivity index (χ4n) is 2.16. The van der Waals surface area contributed by atoms with Gasteiger partial charge in [0.05, 0.1) is 6.04 Å². The van der Waals surface area contributed by atoms with Crippen molar-refractivity contribution >= 4 is 22.0 Å². The van der Waals surface area contributed by atoms with Gasteiger partial charge in [0.15, 0.2) is 0 Å². The molecule has 0 spiro atoms. The molecule has 0 saturated carbocycles. The van der Waals surface area contributed by atoms with E-state index in [1.165, 1.54) is 10.5 Å². The van der Waals surface area contributed by atoms with Crippen LogP contribution in [-0.2, 0) is 6.42 Å². The Morgan fingerprint density at radius 2 is 2.38 bits per heavy atom. The van der Waals surface area contributed by atoms with E-state index in [1.54, 1.807) is 0 Å². The molecule has 1 heterocycles. The summed E-state index contributed by atoms with van der Waals surface area (Å²) in [6, 6.07) is 5.70. The van der Waals surface area contributed by atoms with Crippen molar-refractivity contribution in [3.8, 4) is 0 Å². The largest absolute Gasteiger partial charge is 0.465 e. The normalized spacial score (nSPS) is 19.4. The maximum atomic E-state index is 11.1. The Kier molecular flexibility index (Phi) is 3.16. The highest BCUT2D eigenvalue weighted by atomic mass is 79.9. The molecular formula is C11H13BrN2O2. The third-order valence-electron chi connectivity index (χ3n) is 2.93. The Bertz CT molecular complexity index is 422. The molecule has 0 aromatic heterocycles. The molecule has 1 amide bonds.